The Balaban J connectivity index is 1.87. The first kappa shape index (κ1) is 24.3. The van der Waals surface area contributed by atoms with E-state index >= 15 is 4.39 Å². The van der Waals surface area contributed by atoms with Crippen molar-refractivity contribution in [3.63, 3.8) is 0 Å². The summed E-state index contributed by atoms with van der Waals surface area (Å²) in [5.74, 6) is -7.28. The summed E-state index contributed by atoms with van der Waals surface area (Å²) in [5, 5.41) is 20.5. The molecule has 0 radical (unpaired) electrons. The lowest BCUT2D eigenvalue weighted by molar-refractivity contribution is -0.123. The molecule has 5 rings (SSSR count). The number of halogens is 2. The van der Waals surface area contributed by atoms with Crippen LogP contribution in [0, 0.1) is 11.6 Å². The average Bonchev–Trinajstić information content (AvgIpc) is 3.07. The van der Waals surface area contributed by atoms with Crippen LogP contribution >= 0.6 is 11.8 Å². The summed E-state index contributed by atoms with van der Waals surface area (Å²) in [6.45, 7) is 2.83. The molecule has 3 N–H and O–H groups in total. The second-order valence-electron chi connectivity index (χ2n) is 8.23. The number of nitrogens with zero attached hydrogens (tertiary/aromatic N) is 2. The Kier molecular flexibility index (Phi) is 5.83. The van der Waals surface area contributed by atoms with E-state index in [1.165, 1.54) is 11.8 Å². The second-order valence-corrected chi connectivity index (χ2v) is 9.25. The Labute approximate surface area is 211 Å². The number of fused-ring (bicyclic) bond motifs is 3. The Hall–Kier alpha value is -4.45. The maximum atomic E-state index is 15.0. The van der Waals surface area contributed by atoms with Crippen LogP contribution in [0.25, 0.3) is 11.3 Å². The van der Waals surface area contributed by atoms with Crippen molar-refractivity contribution < 1.29 is 33.4 Å². The van der Waals surface area contributed by atoms with Crippen LogP contribution in [-0.4, -0.2) is 44.2 Å². The van der Waals surface area contributed by atoms with E-state index in [0.717, 1.165) is 27.3 Å². The van der Waals surface area contributed by atoms with Crippen LogP contribution in [0.1, 0.15) is 37.5 Å². The summed E-state index contributed by atoms with van der Waals surface area (Å²) in [5.41, 5.74) is -0.104. The fourth-order valence-electron chi connectivity index (χ4n) is 4.51. The lowest BCUT2D eigenvalue weighted by atomic mass is 9.90. The quantitative estimate of drug-likeness (QED) is 0.445. The van der Waals surface area contributed by atoms with E-state index in [2.05, 4.69) is 12.0 Å². The molecule has 0 bridgehead atoms. The van der Waals surface area contributed by atoms with Gasteiger partial charge >= 0.3 is 5.97 Å². The molecule has 0 unspecified atom stereocenters. The molecule has 12 heteroatoms. The van der Waals surface area contributed by atoms with Gasteiger partial charge in [-0.25, -0.2) is 18.3 Å². The minimum absolute atomic E-state index is 0.0204. The van der Waals surface area contributed by atoms with Crippen molar-refractivity contribution in [2.45, 2.75) is 17.1 Å². The summed E-state index contributed by atoms with van der Waals surface area (Å²) in [4.78, 5) is 52.0. The minimum Gasteiger partial charge on any atom is -0.502 e. The summed E-state index contributed by atoms with van der Waals surface area (Å²) < 4.78 is 30.8. The normalized spacial score (nSPS) is 14.1. The number of amides is 2. The van der Waals surface area contributed by atoms with Crippen LogP contribution in [0.15, 0.2) is 52.7 Å². The fourth-order valence-corrected chi connectivity index (χ4v) is 5.61. The molecule has 188 valence electrons. The zero-order chi connectivity index (χ0) is 26.6. The number of aromatic carboxylic acids is 1. The molecule has 1 aromatic heterocycles. The molecule has 0 saturated carbocycles. The monoisotopic (exact) mass is 525 g/mol. The molecule has 0 aliphatic carbocycles. The maximum Gasteiger partial charge on any atom is 0.342 e. The van der Waals surface area contributed by atoms with Crippen molar-refractivity contribution in [3.05, 3.63) is 92.8 Å². The van der Waals surface area contributed by atoms with Gasteiger partial charge in [0.2, 0.25) is 5.43 Å². The van der Waals surface area contributed by atoms with Crippen LogP contribution in [0.3, 0.4) is 0 Å². The van der Waals surface area contributed by atoms with Gasteiger partial charge in [-0.05, 0) is 35.8 Å². The third kappa shape index (κ3) is 3.68. The van der Waals surface area contributed by atoms with Crippen LogP contribution in [0.5, 0.6) is 5.75 Å². The number of carboxylic acids is 1. The van der Waals surface area contributed by atoms with E-state index in [4.69, 9.17) is 0 Å². The van der Waals surface area contributed by atoms with E-state index in [1.807, 2.05) is 6.07 Å². The molecule has 0 atom stereocenters. The number of imide groups is 1. The zero-order valence-corrected chi connectivity index (χ0v) is 19.7. The van der Waals surface area contributed by atoms with Crippen LogP contribution < -0.4 is 10.9 Å². The first-order chi connectivity index (χ1) is 17.6. The summed E-state index contributed by atoms with van der Waals surface area (Å²) in [6, 6.07) is 7.95. The topological polar surface area (TPSA) is 129 Å². The molecule has 2 aliphatic heterocycles. The van der Waals surface area contributed by atoms with Gasteiger partial charge in [-0.15, -0.1) is 11.8 Å². The summed E-state index contributed by atoms with van der Waals surface area (Å²) >= 11 is 1.28. The number of aromatic nitrogens is 1. The predicted octanol–water partition coefficient (Wildman–Crippen LogP) is 3.06. The molecular formula is C25H17F2N3O6S. The number of carboxylic acid groups (broad SMARTS) is 1. The lowest BCUT2D eigenvalue weighted by Crippen LogP contribution is -2.49. The first-order valence-electron chi connectivity index (χ1n) is 10.8. The van der Waals surface area contributed by atoms with E-state index in [-0.39, 0.29) is 28.9 Å². The predicted molar refractivity (Wildman–Crippen MR) is 129 cm³/mol. The van der Waals surface area contributed by atoms with E-state index in [9.17, 15) is 33.8 Å². The van der Waals surface area contributed by atoms with Gasteiger partial charge in [0.05, 0.1) is 5.69 Å². The Morgan fingerprint density at radius 2 is 1.86 bits per heavy atom. The van der Waals surface area contributed by atoms with Gasteiger partial charge in [-0.2, -0.15) is 0 Å². The Morgan fingerprint density at radius 1 is 1.14 bits per heavy atom. The molecule has 0 spiro atoms. The van der Waals surface area contributed by atoms with Gasteiger partial charge < -0.3 is 15.6 Å². The van der Waals surface area contributed by atoms with Gasteiger partial charge in [0, 0.05) is 21.8 Å². The van der Waals surface area contributed by atoms with Gasteiger partial charge in [-0.1, -0.05) is 24.8 Å². The zero-order valence-electron chi connectivity index (χ0n) is 18.9. The molecule has 2 aromatic carbocycles. The number of hydrogen-bond donors (Lipinski definition) is 3. The van der Waals surface area contributed by atoms with Crippen molar-refractivity contribution in [2.24, 2.45) is 0 Å². The number of pyridine rings is 1. The lowest BCUT2D eigenvalue weighted by Gasteiger charge is -2.32. The van der Waals surface area contributed by atoms with Crippen molar-refractivity contribution in [2.75, 3.05) is 12.1 Å². The molecule has 0 fully saturated rings. The number of carbonyl (C=O) groups is 3. The molecule has 37 heavy (non-hydrogen) atoms. The highest BCUT2D eigenvalue weighted by molar-refractivity contribution is 7.98. The highest BCUT2D eigenvalue weighted by atomic mass is 32.2. The summed E-state index contributed by atoms with van der Waals surface area (Å²) in [6.07, 6.45) is 0.921. The first-order valence-corrected chi connectivity index (χ1v) is 11.8. The van der Waals surface area contributed by atoms with Crippen molar-refractivity contribution in [1.29, 1.82) is 0 Å². The van der Waals surface area contributed by atoms with Gasteiger partial charge in [0.15, 0.2) is 23.1 Å². The highest BCUT2D eigenvalue weighted by Crippen LogP contribution is 2.41. The standard InChI is InChI=1S/C25H17F2N3O6S/c1-2-17(31)29-10-28-30-20(18(25(35)36)22(32)23(33)21(30)24(29)34)13-8-15(26)19(27)14-9-37-16-6-4-3-5-11(16)7-12(13)14/h2-6,8,28,33H,1,7,9-10H2,(H,35,36). The van der Waals surface area contributed by atoms with E-state index in [1.54, 1.807) is 18.2 Å². The molecule has 3 aromatic rings. The van der Waals surface area contributed by atoms with Crippen molar-refractivity contribution in [3.8, 4) is 17.0 Å². The second kappa shape index (κ2) is 8.89. The van der Waals surface area contributed by atoms with E-state index < -0.39 is 64.2 Å². The average molecular weight is 525 g/mol. The molecule has 3 heterocycles. The maximum absolute atomic E-state index is 15.0. The van der Waals surface area contributed by atoms with E-state index in [0.29, 0.717) is 4.90 Å². The van der Waals surface area contributed by atoms with Crippen LogP contribution in [-0.2, 0) is 17.0 Å². The van der Waals surface area contributed by atoms with Gasteiger partial charge in [0.1, 0.15) is 12.2 Å². The highest BCUT2D eigenvalue weighted by Gasteiger charge is 2.38. The number of nitrogens with one attached hydrogen (secondary N) is 1. The SMILES string of the molecule is C=CC(=O)N1CNn2c(c(O)c(=O)c(C(=O)O)c2-c2cc(F)c(F)c3c2Cc2ccccc2SC3)C1=O. The Bertz CT molecular complexity index is 1620. The summed E-state index contributed by atoms with van der Waals surface area (Å²) in [7, 11) is 0. The molecule has 0 saturated heterocycles. The number of thioether (sulfide) groups is 1. The Morgan fingerprint density at radius 3 is 2.57 bits per heavy atom. The van der Waals surface area contributed by atoms with Gasteiger partial charge in [-0.3, -0.25) is 19.3 Å². The van der Waals surface area contributed by atoms with Crippen LogP contribution in [0.4, 0.5) is 8.78 Å². The molecule has 2 aliphatic rings. The fraction of sp³-hybridized carbons (Fsp3) is 0.120. The van der Waals surface area contributed by atoms with Crippen molar-refractivity contribution in [1.82, 2.24) is 9.58 Å². The number of benzene rings is 2. The number of hydrogen-bond acceptors (Lipinski definition) is 7. The third-order valence-corrected chi connectivity index (χ3v) is 7.38. The molecule has 9 nitrogen and oxygen atoms in total. The third-order valence-electron chi connectivity index (χ3n) is 6.24. The minimum atomic E-state index is -1.76. The molecule has 2 amide bonds. The smallest absolute Gasteiger partial charge is 0.342 e. The van der Waals surface area contributed by atoms with Gasteiger partial charge in [0.25, 0.3) is 11.8 Å². The largest absolute Gasteiger partial charge is 0.502 e. The number of carbonyl (C=O) groups excluding carboxylic acids is 2. The molecular weight excluding hydrogens is 508 g/mol. The number of rotatable bonds is 3. The van der Waals surface area contributed by atoms with Crippen molar-refractivity contribution >= 4 is 29.5 Å². The van der Waals surface area contributed by atoms with Crippen LogP contribution in [0.2, 0.25) is 0 Å². The number of aromatic hydroxyl groups is 1.